The summed E-state index contributed by atoms with van der Waals surface area (Å²) in [6.45, 7) is 1.91. The molecule has 0 saturated carbocycles. The number of nitrogens with one attached hydrogen (secondary N) is 2. The number of aliphatic imine (C=N–C) groups is 1. The van der Waals surface area contributed by atoms with Gasteiger partial charge in [-0.3, -0.25) is 9.79 Å². The Labute approximate surface area is 165 Å². The van der Waals surface area contributed by atoms with Crippen LogP contribution in [0.3, 0.4) is 0 Å². The monoisotopic (exact) mass is 450 g/mol. The molecular formula is C19H23IN4O. The van der Waals surface area contributed by atoms with Gasteiger partial charge < -0.3 is 15.5 Å². The predicted molar refractivity (Wildman–Crippen MR) is 112 cm³/mol. The van der Waals surface area contributed by atoms with Crippen LogP contribution in [0, 0.1) is 0 Å². The third kappa shape index (κ3) is 5.19. The van der Waals surface area contributed by atoms with E-state index in [4.69, 9.17) is 0 Å². The van der Waals surface area contributed by atoms with Gasteiger partial charge in [0.15, 0.2) is 5.96 Å². The third-order valence-electron chi connectivity index (χ3n) is 4.11. The van der Waals surface area contributed by atoms with E-state index in [1.54, 1.807) is 7.05 Å². The fourth-order valence-corrected chi connectivity index (χ4v) is 2.89. The first-order valence-electron chi connectivity index (χ1n) is 8.13. The number of amides is 1. The van der Waals surface area contributed by atoms with E-state index in [9.17, 15) is 4.79 Å². The van der Waals surface area contributed by atoms with Gasteiger partial charge in [-0.2, -0.15) is 0 Å². The lowest BCUT2D eigenvalue weighted by Crippen LogP contribution is -2.46. The minimum absolute atomic E-state index is 0. The molecule has 132 valence electrons. The van der Waals surface area contributed by atoms with Crippen LogP contribution >= 0.6 is 24.0 Å². The number of rotatable bonds is 3. The van der Waals surface area contributed by atoms with Crippen molar-refractivity contribution in [2.75, 3.05) is 25.5 Å². The van der Waals surface area contributed by atoms with Crippen LogP contribution in [0.4, 0.5) is 5.69 Å². The number of guanidine groups is 1. The minimum Gasteiger partial charge on any atom is -0.347 e. The Morgan fingerprint density at radius 3 is 2.48 bits per heavy atom. The largest absolute Gasteiger partial charge is 0.347 e. The number of halogens is 1. The van der Waals surface area contributed by atoms with Crippen LogP contribution in [-0.2, 0) is 17.8 Å². The average Bonchev–Trinajstić information content (AvgIpc) is 2.63. The maximum Gasteiger partial charge on any atom is 0.243 e. The highest BCUT2D eigenvalue weighted by Gasteiger charge is 2.18. The van der Waals surface area contributed by atoms with Gasteiger partial charge in [0.1, 0.15) is 0 Å². The zero-order valence-corrected chi connectivity index (χ0v) is 16.6. The van der Waals surface area contributed by atoms with Gasteiger partial charge in [0.25, 0.3) is 0 Å². The molecule has 25 heavy (non-hydrogen) atoms. The highest BCUT2D eigenvalue weighted by molar-refractivity contribution is 14.0. The average molecular weight is 450 g/mol. The lowest BCUT2D eigenvalue weighted by atomic mass is 10.0. The smallest absolute Gasteiger partial charge is 0.243 e. The Bertz CT molecular complexity index is 733. The van der Waals surface area contributed by atoms with Crippen LogP contribution in [0.2, 0.25) is 0 Å². The summed E-state index contributed by atoms with van der Waals surface area (Å²) in [6.07, 6.45) is 0.993. The van der Waals surface area contributed by atoms with E-state index in [0.717, 1.165) is 31.2 Å². The molecule has 6 heteroatoms. The Morgan fingerprint density at radius 2 is 1.76 bits per heavy atom. The summed E-state index contributed by atoms with van der Waals surface area (Å²) in [5, 5.41) is 6.02. The molecule has 2 aromatic rings. The van der Waals surface area contributed by atoms with Gasteiger partial charge in [0, 0.05) is 25.8 Å². The Hall–Kier alpha value is -2.09. The molecule has 1 heterocycles. The quantitative estimate of drug-likeness (QED) is 0.430. The molecule has 0 aromatic heterocycles. The molecule has 0 atom stereocenters. The van der Waals surface area contributed by atoms with E-state index in [2.05, 4.69) is 44.8 Å². The van der Waals surface area contributed by atoms with Crippen molar-refractivity contribution in [1.82, 2.24) is 10.2 Å². The van der Waals surface area contributed by atoms with E-state index in [0.29, 0.717) is 0 Å². The second-order valence-corrected chi connectivity index (χ2v) is 5.76. The fraction of sp³-hybridized carbons (Fsp3) is 0.263. The number of nitrogens with zero attached hydrogens (tertiary/aromatic N) is 2. The number of carbonyl (C=O) groups is 1. The maximum absolute atomic E-state index is 12.1. The molecule has 1 aliphatic heterocycles. The van der Waals surface area contributed by atoms with Gasteiger partial charge in [-0.15, -0.1) is 24.0 Å². The van der Waals surface area contributed by atoms with E-state index >= 15 is 0 Å². The van der Waals surface area contributed by atoms with Gasteiger partial charge in [0.05, 0.1) is 6.54 Å². The van der Waals surface area contributed by atoms with Crippen LogP contribution in [0.25, 0.3) is 0 Å². The molecule has 0 radical (unpaired) electrons. The molecule has 1 aliphatic rings. The van der Waals surface area contributed by atoms with E-state index in [1.807, 2.05) is 30.3 Å². The lowest BCUT2D eigenvalue weighted by Gasteiger charge is -2.31. The minimum atomic E-state index is -0.0836. The third-order valence-corrected chi connectivity index (χ3v) is 4.11. The second-order valence-electron chi connectivity index (χ2n) is 5.76. The lowest BCUT2D eigenvalue weighted by molar-refractivity contribution is -0.115. The first-order valence-corrected chi connectivity index (χ1v) is 8.13. The van der Waals surface area contributed by atoms with Crippen molar-refractivity contribution in [3.8, 4) is 0 Å². The summed E-state index contributed by atoms with van der Waals surface area (Å²) >= 11 is 0. The highest BCUT2D eigenvalue weighted by Crippen LogP contribution is 2.18. The van der Waals surface area contributed by atoms with Crippen LogP contribution in [0.5, 0.6) is 0 Å². The molecule has 0 saturated heterocycles. The van der Waals surface area contributed by atoms with Gasteiger partial charge in [-0.1, -0.05) is 42.5 Å². The highest BCUT2D eigenvalue weighted by atomic mass is 127. The van der Waals surface area contributed by atoms with Crippen molar-refractivity contribution in [2.24, 2.45) is 4.99 Å². The van der Waals surface area contributed by atoms with Crippen molar-refractivity contribution in [1.29, 1.82) is 0 Å². The molecular weight excluding hydrogens is 427 g/mol. The van der Waals surface area contributed by atoms with E-state index < -0.39 is 0 Å². The van der Waals surface area contributed by atoms with Crippen LogP contribution < -0.4 is 10.6 Å². The second kappa shape index (κ2) is 9.41. The van der Waals surface area contributed by atoms with E-state index in [1.165, 1.54) is 11.1 Å². The normalized spacial score (nSPS) is 13.5. The van der Waals surface area contributed by atoms with Gasteiger partial charge in [-0.25, -0.2) is 0 Å². The molecule has 0 bridgehead atoms. The molecule has 0 fully saturated rings. The van der Waals surface area contributed by atoms with Crippen molar-refractivity contribution in [3.63, 3.8) is 0 Å². The molecule has 3 rings (SSSR count). The number of fused-ring (bicyclic) bond motifs is 1. The zero-order valence-electron chi connectivity index (χ0n) is 14.2. The first kappa shape index (κ1) is 19.2. The van der Waals surface area contributed by atoms with Crippen LogP contribution in [0.1, 0.15) is 11.1 Å². The number of benzene rings is 2. The number of hydrogen-bond donors (Lipinski definition) is 2. The number of anilines is 1. The van der Waals surface area contributed by atoms with Crippen molar-refractivity contribution in [3.05, 3.63) is 65.7 Å². The molecule has 2 aromatic carbocycles. The molecule has 5 nitrogen and oxygen atoms in total. The molecule has 1 amide bonds. The summed E-state index contributed by atoms with van der Waals surface area (Å²) in [7, 11) is 1.75. The summed E-state index contributed by atoms with van der Waals surface area (Å²) in [5.41, 5.74) is 3.51. The topological polar surface area (TPSA) is 56.7 Å². The van der Waals surface area contributed by atoms with Crippen LogP contribution in [0.15, 0.2) is 59.6 Å². The first-order chi connectivity index (χ1) is 11.8. The summed E-state index contributed by atoms with van der Waals surface area (Å²) in [5.74, 6) is 0.674. The van der Waals surface area contributed by atoms with Gasteiger partial charge in [-0.05, 0) is 29.7 Å². The number of carbonyl (C=O) groups excluding carboxylic acids is 1. The zero-order chi connectivity index (χ0) is 16.8. The molecule has 2 N–H and O–H groups in total. The standard InChI is InChI=1S/C19H22N4O.HI/c1-20-19(21-13-18(24)22-17-9-3-2-4-10-17)23-12-11-15-7-5-6-8-16(15)14-23;/h2-10H,11-14H2,1H3,(H,20,21)(H,22,24);1H. The predicted octanol–water partition coefficient (Wildman–Crippen LogP) is 2.88. The number of hydrogen-bond acceptors (Lipinski definition) is 2. The Kier molecular flexibility index (Phi) is 7.24. The van der Waals surface area contributed by atoms with Gasteiger partial charge in [0.2, 0.25) is 5.91 Å². The summed E-state index contributed by atoms with van der Waals surface area (Å²) in [6, 6.07) is 17.9. The van der Waals surface area contributed by atoms with Crippen LogP contribution in [-0.4, -0.2) is 36.9 Å². The van der Waals surface area contributed by atoms with E-state index in [-0.39, 0.29) is 36.4 Å². The molecule has 0 aliphatic carbocycles. The molecule has 0 unspecified atom stereocenters. The van der Waals surface area contributed by atoms with Gasteiger partial charge >= 0.3 is 0 Å². The van der Waals surface area contributed by atoms with Crippen molar-refractivity contribution >= 4 is 41.5 Å². The SMILES string of the molecule is CN=C(NCC(=O)Nc1ccccc1)N1CCc2ccccc2C1.I. The van der Waals surface area contributed by atoms with Crippen molar-refractivity contribution in [2.45, 2.75) is 13.0 Å². The molecule has 0 spiro atoms. The summed E-state index contributed by atoms with van der Waals surface area (Å²) in [4.78, 5) is 18.6. The fourth-order valence-electron chi connectivity index (χ4n) is 2.89. The number of para-hydroxylation sites is 1. The van der Waals surface area contributed by atoms with Crippen molar-refractivity contribution < 1.29 is 4.79 Å². The summed E-state index contributed by atoms with van der Waals surface area (Å²) < 4.78 is 0. The Morgan fingerprint density at radius 1 is 1.08 bits per heavy atom. The maximum atomic E-state index is 12.1. The Balaban J connectivity index is 0.00000225.